The first-order valence-electron chi connectivity index (χ1n) is 7.28. The quantitative estimate of drug-likeness (QED) is 0.708. The molecular formula is C17H18BrNO4S. The van der Waals surface area contributed by atoms with E-state index in [1.165, 1.54) is 7.11 Å². The average Bonchev–Trinajstić information content (AvgIpc) is 3.12. The number of esters is 1. The summed E-state index contributed by atoms with van der Waals surface area (Å²) in [6.45, 7) is 0.345. The summed E-state index contributed by atoms with van der Waals surface area (Å²) in [7, 11) is 2.84. The molecule has 0 aliphatic heterocycles. The minimum atomic E-state index is -0.748. The molecule has 1 N–H and O–H groups in total. The highest BCUT2D eigenvalue weighted by molar-refractivity contribution is 9.10. The second-order valence-electron chi connectivity index (χ2n) is 5.00. The SMILES string of the molecule is COCC[C@H](NC(=O)c1ccc(Br)cc1-c1cccs1)C(=O)OC. The van der Waals surface area contributed by atoms with Crippen LogP contribution in [0.4, 0.5) is 0 Å². The number of halogens is 1. The van der Waals surface area contributed by atoms with Crippen LogP contribution >= 0.6 is 27.3 Å². The van der Waals surface area contributed by atoms with E-state index in [1.807, 2.05) is 23.6 Å². The Kier molecular flexibility index (Phi) is 6.96. The van der Waals surface area contributed by atoms with Gasteiger partial charge in [-0.2, -0.15) is 0 Å². The molecule has 24 heavy (non-hydrogen) atoms. The predicted molar refractivity (Wildman–Crippen MR) is 97.2 cm³/mol. The Morgan fingerprint density at radius 2 is 2.08 bits per heavy atom. The lowest BCUT2D eigenvalue weighted by atomic mass is 10.0. The van der Waals surface area contributed by atoms with Crippen LogP contribution in [0.2, 0.25) is 0 Å². The van der Waals surface area contributed by atoms with Crippen molar-refractivity contribution in [1.29, 1.82) is 0 Å². The molecule has 1 aromatic heterocycles. The minimum absolute atomic E-state index is 0.322. The minimum Gasteiger partial charge on any atom is -0.467 e. The third-order valence-corrected chi connectivity index (χ3v) is 4.81. The van der Waals surface area contributed by atoms with Crippen molar-refractivity contribution < 1.29 is 19.1 Å². The van der Waals surface area contributed by atoms with Gasteiger partial charge in [-0.25, -0.2) is 4.79 Å². The van der Waals surface area contributed by atoms with Crippen LogP contribution in [0.5, 0.6) is 0 Å². The third kappa shape index (κ3) is 4.66. The largest absolute Gasteiger partial charge is 0.467 e. The smallest absolute Gasteiger partial charge is 0.328 e. The van der Waals surface area contributed by atoms with E-state index < -0.39 is 12.0 Å². The van der Waals surface area contributed by atoms with E-state index in [4.69, 9.17) is 9.47 Å². The highest BCUT2D eigenvalue weighted by Crippen LogP contribution is 2.30. The van der Waals surface area contributed by atoms with E-state index >= 15 is 0 Å². The van der Waals surface area contributed by atoms with Crippen molar-refractivity contribution in [3.63, 3.8) is 0 Å². The Bertz CT molecular complexity index is 703. The van der Waals surface area contributed by atoms with Crippen molar-refractivity contribution in [3.05, 3.63) is 45.7 Å². The Labute approximate surface area is 153 Å². The molecule has 0 radical (unpaired) electrons. The predicted octanol–water partition coefficient (Wildman–Crippen LogP) is 3.49. The molecule has 1 atom stereocenters. The number of hydrogen-bond acceptors (Lipinski definition) is 5. The summed E-state index contributed by atoms with van der Waals surface area (Å²) in [6, 6.07) is 8.56. The summed E-state index contributed by atoms with van der Waals surface area (Å²) in [6.07, 6.45) is 0.347. The van der Waals surface area contributed by atoms with Gasteiger partial charge in [0.2, 0.25) is 0 Å². The summed E-state index contributed by atoms with van der Waals surface area (Å²) in [4.78, 5) is 25.5. The molecular weight excluding hydrogens is 394 g/mol. The van der Waals surface area contributed by atoms with E-state index in [2.05, 4.69) is 21.2 Å². The van der Waals surface area contributed by atoms with Crippen LogP contribution in [-0.4, -0.2) is 38.7 Å². The number of carbonyl (C=O) groups excluding carboxylic acids is 2. The lowest BCUT2D eigenvalue weighted by Gasteiger charge is -2.17. The maximum Gasteiger partial charge on any atom is 0.328 e. The highest BCUT2D eigenvalue weighted by atomic mass is 79.9. The molecule has 0 fully saturated rings. The maximum absolute atomic E-state index is 12.7. The van der Waals surface area contributed by atoms with E-state index in [9.17, 15) is 9.59 Å². The first-order chi connectivity index (χ1) is 11.6. The van der Waals surface area contributed by atoms with Gasteiger partial charge in [-0.3, -0.25) is 4.79 Å². The van der Waals surface area contributed by atoms with Gasteiger partial charge < -0.3 is 14.8 Å². The van der Waals surface area contributed by atoms with Gasteiger partial charge in [-0.15, -0.1) is 11.3 Å². The number of benzene rings is 1. The summed E-state index contributed by atoms with van der Waals surface area (Å²) < 4.78 is 10.6. The molecule has 2 aromatic rings. The average molecular weight is 412 g/mol. The Morgan fingerprint density at radius 1 is 1.29 bits per heavy atom. The van der Waals surface area contributed by atoms with Gasteiger partial charge in [0.05, 0.1) is 7.11 Å². The van der Waals surface area contributed by atoms with Crippen LogP contribution in [0.15, 0.2) is 40.2 Å². The van der Waals surface area contributed by atoms with Crippen LogP contribution < -0.4 is 5.32 Å². The van der Waals surface area contributed by atoms with E-state index in [-0.39, 0.29) is 5.91 Å². The van der Waals surface area contributed by atoms with Crippen LogP contribution in [0.1, 0.15) is 16.8 Å². The number of rotatable bonds is 7. The molecule has 1 amide bonds. The molecule has 7 heteroatoms. The number of amides is 1. The van der Waals surface area contributed by atoms with Crippen LogP contribution in [-0.2, 0) is 14.3 Å². The molecule has 128 valence electrons. The molecule has 1 heterocycles. The number of hydrogen-bond donors (Lipinski definition) is 1. The first-order valence-corrected chi connectivity index (χ1v) is 8.95. The number of nitrogens with one attached hydrogen (secondary N) is 1. The van der Waals surface area contributed by atoms with Gasteiger partial charge in [0.1, 0.15) is 6.04 Å². The van der Waals surface area contributed by atoms with E-state index in [1.54, 1.807) is 30.6 Å². The monoisotopic (exact) mass is 411 g/mol. The van der Waals surface area contributed by atoms with E-state index in [0.29, 0.717) is 18.6 Å². The van der Waals surface area contributed by atoms with E-state index in [0.717, 1.165) is 14.9 Å². The summed E-state index contributed by atoms with van der Waals surface area (Å²) in [5.41, 5.74) is 1.32. The third-order valence-electron chi connectivity index (χ3n) is 3.41. The lowest BCUT2D eigenvalue weighted by Crippen LogP contribution is -2.42. The molecule has 5 nitrogen and oxygen atoms in total. The van der Waals surface area contributed by atoms with Crippen LogP contribution in [0.3, 0.4) is 0 Å². The molecule has 0 unspecified atom stereocenters. The number of ether oxygens (including phenoxy) is 2. The molecule has 0 aliphatic carbocycles. The summed E-state index contributed by atoms with van der Waals surface area (Å²) in [5, 5.41) is 4.69. The summed E-state index contributed by atoms with van der Waals surface area (Å²) >= 11 is 4.98. The fraction of sp³-hybridized carbons (Fsp3) is 0.294. The van der Waals surface area contributed by atoms with Gasteiger partial charge in [0.15, 0.2) is 0 Å². The second-order valence-corrected chi connectivity index (χ2v) is 6.86. The molecule has 0 aliphatic rings. The zero-order valence-electron chi connectivity index (χ0n) is 13.4. The van der Waals surface area contributed by atoms with Gasteiger partial charge in [-0.05, 0) is 29.6 Å². The maximum atomic E-state index is 12.7. The van der Waals surface area contributed by atoms with Gasteiger partial charge >= 0.3 is 5.97 Å². The Balaban J connectivity index is 2.27. The lowest BCUT2D eigenvalue weighted by molar-refractivity contribution is -0.143. The van der Waals surface area contributed by atoms with Crippen molar-refractivity contribution in [2.45, 2.75) is 12.5 Å². The van der Waals surface area contributed by atoms with Gasteiger partial charge in [0.25, 0.3) is 5.91 Å². The normalized spacial score (nSPS) is 11.8. The van der Waals surface area contributed by atoms with Gasteiger partial charge in [0, 0.05) is 40.6 Å². The zero-order chi connectivity index (χ0) is 17.5. The standard InChI is InChI=1S/C17H18BrNO4S/c1-22-8-7-14(17(21)23-2)19-16(20)12-6-5-11(18)10-13(12)15-4-3-9-24-15/h3-6,9-10,14H,7-8H2,1-2H3,(H,19,20)/t14-/m0/s1. The van der Waals surface area contributed by atoms with Crippen molar-refractivity contribution in [3.8, 4) is 10.4 Å². The first kappa shape index (κ1) is 18.6. The topological polar surface area (TPSA) is 64.6 Å². The molecule has 0 saturated carbocycles. The fourth-order valence-corrected chi connectivity index (χ4v) is 3.33. The van der Waals surface area contributed by atoms with Crippen LogP contribution in [0, 0.1) is 0 Å². The molecule has 2 rings (SSSR count). The molecule has 1 aromatic carbocycles. The van der Waals surface area contributed by atoms with Crippen molar-refractivity contribution >= 4 is 39.1 Å². The fourth-order valence-electron chi connectivity index (χ4n) is 2.21. The zero-order valence-corrected chi connectivity index (χ0v) is 15.8. The van der Waals surface area contributed by atoms with Crippen molar-refractivity contribution in [2.75, 3.05) is 20.8 Å². The number of thiophene rings is 1. The highest BCUT2D eigenvalue weighted by Gasteiger charge is 2.23. The number of methoxy groups -OCH3 is 2. The van der Waals surface area contributed by atoms with Crippen molar-refractivity contribution in [2.24, 2.45) is 0 Å². The molecule has 0 saturated heterocycles. The van der Waals surface area contributed by atoms with Crippen molar-refractivity contribution in [1.82, 2.24) is 5.32 Å². The van der Waals surface area contributed by atoms with Crippen LogP contribution in [0.25, 0.3) is 10.4 Å². The molecule has 0 spiro atoms. The summed E-state index contributed by atoms with van der Waals surface area (Å²) in [5.74, 6) is -0.812. The Morgan fingerprint density at radius 3 is 2.71 bits per heavy atom. The molecule has 0 bridgehead atoms. The Hall–Kier alpha value is -1.70. The van der Waals surface area contributed by atoms with Gasteiger partial charge in [-0.1, -0.05) is 22.0 Å². The second kappa shape index (κ2) is 8.96. The number of carbonyl (C=O) groups is 2.